The fourth-order valence-corrected chi connectivity index (χ4v) is 3.55. The van der Waals surface area contributed by atoms with Crippen LogP contribution in [-0.4, -0.2) is 90.4 Å². The second kappa shape index (κ2) is 11.7. The summed E-state index contributed by atoms with van der Waals surface area (Å²) in [5.74, 6) is 0.492. The SMILES string of the molecule is CC(=O)SCCN(CCc1ccccc1)C(=O)NCC(=O)N1CCN(C)CC1. The fraction of sp³-hybridized carbons (Fsp3) is 0.550. The van der Waals surface area contributed by atoms with Crippen LogP contribution in [0.1, 0.15) is 12.5 Å². The van der Waals surface area contributed by atoms with E-state index in [1.54, 1.807) is 9.80 Å². The van der Waals surface area contributed by atoms with Crippen LogP contribution in [0.2, 0.25) is 0 Å². The summed E-state index contributed by atoms with van der Waals surface area (Å²) in [4.78, 5) is 41.8. The van der Waals surface area contributed by atoms with Gasteiger partial charge in [0.15, 0.2) is 5.12 Å². The van der Waals surface area contributed by atoms with Crippen molar-refractivity contribution in [1.29, 1.82) is 0 Å². The van der Waals surface area contributed by atoms with E-state index in [-0.39, 0.29) is 23.6 Å². The van der Waals surface area contributed by atoms with Crippen molar-refractivity contribution in [2.24, 2.45) is 0 Å². The normalized spacial score (nSPS) is 14.6. The molecule has 1 fully saturated rings. The standard InChI is InChI=1S/C20H30N4O3S/c1-17(25)28-15-14-24(9-8-18-6-4-3-5-7-18)20(27)21-16-19(26)23-12-10-22(2)11-13-23/h3-7H,8-16H2,1-2H3,(H,21,27). The first-order valence-electron chi connectivity index (χ1n) is 9.62. The number of hydrogen-bond donors (Lipinski definition) is 1. The number of benzene rings is 1. The monoisotopic (exact) mass is 406 g/mol. The molecule has 0 unspecified atom stereocenters. The average Bonchev–Trinajstić information content (AvgIpc) is 2.69. The number of likely N-dealkylation sites (N-methyl/N-ethyl adjacent to an activating group) is 1. The molecule has 1 saturated heterocycles. The van der Waals surface area contributed by atoms with E-state index >= 15 is 0 Å². The van der Waals surface area contributed by atoms with E-state index in [1.165, 1.54) is 18.7 Å². The molecular formula is C20H30N4O3S. The number of carbonyl (C=O) groups is 3. The van der Waals surface area contributed by atoms with Gasteiger partial charge in [0.2, 0.25) is 5.91 Å². The molecule has 7 nitrogen and oxygen atoms in total. The molecule has 1 N–H and O–H groups in total. The average molecular weight is 407 g/mol. The van der Waals surface area contributed by atoms with Crippen LogP contribution in [0, 0.1) is 0 Å². The third kappa shape index (κ3) is 7.90. The van der Waals surface area contributed by atoms with Crippen molar-refractivity contribution in [2.75, 3.05) is 58.6 Å². The van der Waals surface area contributed by atoms with E-state index in [0.29, 0.717) is 31.9 Å². The molecule has 0 saturated carbocycles. The highest BCUT2D eigenvalue weighted by molar-refractivity contribution is 8.13. The van der Waals surface area contributed by atoms with Crippen LogP contribution < -0.4 is 5.32 Å². The van der Waals surface area contributed by atoms with Gasteiger partial charge in [-0.15, -0.1) is 0 Å². The topological polar surface area (TPSA) is 73.0 Å². The van der Waals surface area contributed by atoms with Crippen LogP contribution in [0.15, 0.2) is 30.3 Å². The first kappa shape index (κ1) is 22.2. The predicted octanol–water partition coefficient (Wildman–Crippen LogP) is 1.29. The minimum Gasteiger partial charge on any atom is -0.339 e. The van der Waals surface area contributed by atoms with Gasteiger partial charge in [0.05, 0.1) is 6.54 Å². The fourth-order valence-electron chi connectivity index (χ4n) is 2.95. The summed E-state index contributed by atoms with van der Waals surface area (Å²) in [5.41, 5.74) is 1.15. The first-order chi connectivity index (χ1) is 13.5. The van der Waals surface area contributed by atoms with Crippen LogP contribution >= 0.6 is 11.8 Å². The molecule has 1 heterocycles. The maximum Gasteiger partial charge on any atom is 0.317 e. The molecule has 1 aromatic rings. The molecule has 1 aromatic carbocycles. The molecule has 0 aliphatic carbocycles. The molecule has 0 bridgehead atoms. The molecule has 154 valence electrons. The third-order valence-electron chi connectivity index (χ3n) is 4.71. The predicted molar refractivity (Wildman–Crippen MR) is 112 cm³/mol. The Morgan fingerprint density at radius 1 is 1.07 bits per heavy atom. The molecular weight excluding hydrogens is 376 g/mol. The van der Waals surface area contributed by atoms with Gasteiger partial charge in [-0.3, -0.25) is 9.59 Å². The lowest BCUT2D eigenvalue weighted by molar-refractivity contribution is -0.131. The number of hydrogen-bond acceptors (Lipinski definition) is 5. The van der Waals surface area contributed by atoms with Gasteiger partial charge in [0.1, 0.15) is 0 Å². The molecule has 3 amide bonds. The van der Waals surface area contributed by atoms with Gasteiger partial charge in [-0.25, -0.2) is 4.79 Å². The summed E-state index contributed by atoms with van der Waals surface area (Å²) in [6.07, 6.45) is 0.728. The number of nitrogens with zero attached hydrogens (tertiary/aromatic N) is 3. The second-order valence-corrected chi connectivity index (χ2v) is 8.18. The summed E-state index contributed by atoms with van der Waals surface area (Å²) in [6.45, 7) is 5.62. The number of piperazine rings is 1. The molecule has 0 atom stereocenters. The van der Waals surface area contributed by atoms with Crippen LogP contribution in [0.4, 0.5) is 4.79 Å². The number of thioether (sulfide) groups is 1. The van der Waals surface area contributed by atoms with E-state index in [4.69, 9.17) is 0 Å². The Bertz CT molecular complexity index is 648. The zero-order valence-electron chi connectivity index (χ0n) is 16.7. The summed E-state index contributed by atoms with van der Waals surface area (Å²) in [5, 5.41) is 2.79. The largest absolute Gasteiger partial charge is 0.339 e. The van der Waals surface area contributed by atoms with Crippen molar-refractivity contribution in [1.82, 2.24) is 20.0 Å². The Labute approximate surface area is 171 Å². The molecule has 0 spiro atoms. The summed E-state index contributed by atoms with van der Waals surface area (Å²) >= 11 is 1.21. The van der Waals surface area contributed by atoms with Crippen molar-refractivity contribution in [3.8, 4) is 0 Å². The number of carbonyl (C=O) groups excluding carboxylic acids is 3. The van der Waals surface area contributed by atoms with Crippen LogP contribution in [0.25, 0.3) is 0 Å². The van der Waals surface area contributed by atoms with E-state index in [2.05, 4.69) is 10.2 Å². The quantitative estimate of drug-likeness (QED) is 0.704. The number of nitrogens with one attached hydrogen (secondary N) is 1. The zero-order valence-corrected chi connectivity index (χ0v) is 17.5. The Balaban J connectivity index is 1.84. The van der Waals surface area contributed by atoms with Crippen LogP contribution in [0.5, 0.6) is 0 Å². The van der Waals surface area contributed by atoms with Crippen LogP contribution in [-0.2, 0) is 16.0 Å². The van der Waals surface area contributed by atoms with Crippen LogP contribution in [0.3, 0.4) is 0 Å². The lowest BCUT2D eigenvalue weighted by Gasteiger charge is -2.32. The van der Waals surface area contributed by atoms with Gasteiger partial charge in [0, 0.05) is 51.9 Å². The zero-order chi connectivity index (χ0) is 20.4. The lowest BCUT2D eigenvalue weighted by atomic mass is 10.1. The van der Waals surface area contributed by atoms with E-state index in [0.717, 1.165) is 25.1 Å². The minimum atomic E-state index is -0.262. The third-order valence-corrected chi connectivity index (χ3v) is 5.51. The summed E-state index contributed by atoms with van der Waals surface area (Å²) < 4.78 is 0. The lowest BCUT2D eigenvalue weighted by Crippen LogP contribution is -2.51. The number of amides is 3. The van der Waals surface area contributed by atoms with Gasteiger partial charge in [-0.1, -0.05) is 42.1 Å². The van der Waals surface area contributed by atoms with Crippen molar-refractivity contribution in [3.63, 3.8) is 0 Å². The van der Waals surface area contributed by atoms with Gasteiger partial charge in [-0.05, 0) is 19.0 Å². The Morgan fingerprint density at radius 2 is 1.75 bits per heavy atom. The van der Waals surface area contributed by atoms with E-state index in [1.807, 2.05) is 37.4 Å². The molecule has 8 heteroatoms. The first-order valence-corrected chi connectivity index (χ1v) is 10.6. The smallest absolute Gasteiger partial charge is 0.317 e. The van der Waals surface area contributed by atoms with Gasteiger partial charge < -0.3 is 20.0 Å². The minimum absolute atomic E-state index is 0.00420. The van der Waals surface area contributed by atoms with Gasteiger partial charge in [-0.2, -0.15) is 0 Å². The molecule has 2 rings (SSSR count). The molecule has 28 heavy (non-hydrogen) atoms. The van der Waals surface area contributed by atoms with Gasteiger partial charge >= 0.3 is 6.03 Å². The maximum atomic E-state index is 12.6. The highest BCUT2D eigenvalue weighted by atomic mass is 32.2. The molecule has 1 aliphatic heterocycles. The van der Waals surface area contributed by atoms with Crippen molar-refractivity contribution < 1.29 is 14.4 Å². The molecule has 0 radical (unpaired) electrons. The van der Waals surface area contributed by atoms with Crippen molar-refractivity contribution >= 4 is 28.8 Å². The molecule has 0 aromatic heterocycles. The van der Waals surface area contributed by atoms with E-state index < -0.39 is 0 Å². The van der Waals surface area contributed by atoms with Crippen molar-refractivity contribution in [2.45, 2.75) is 13.3 Å². The summed E-state index contributed by atoms with van der Waals surface area (Å²) in [7, 11) is 2.03. The number of rotatable bonds is 8. The second-order valence-electron chi connectivity index (χ2n) is 6.91. The highest BCUT2D eigenvalue weighted by Gasteiger charge is 2.20. The van der Waals surface area contributed by atoms with Gasteiger partial charge in [0.25, 0.3) is 0 Å². The summed E-state index contributed by atoms with van der Waals surface area (Å²) in [6, 6.07) is 9.69. The van der Waals surface area contributed by atoms with E-state index in [9.17, 15) is 14.4 Å². The molecule has 1 aliphatic rings. The highest BCUT2D eigenvalue weighted by Crippen LogP contribution is 2.06. The maximum absolute atomic E-state index is 12.6. The van der Waals surface area contributed by atoms with Crippen molar-refractivity contribution in [3.05, 3.63) is 35.9 Å². The number of urea groups is 1. The Morgan fingerprint density at radius 3 is 2.39 bits per heavy atom. The Hall–Kier alpha value is -2.06. The Kier molecular flexibility index (Phi) is 9.30.